The van der Waals surface area contributed by atoms with Gasteiger partial charge in [-0.3, -0.25) is 4.79 Å². The maximum atomic E-state index is 10.8. The van der Waals surface area contributed by atoms with Crippen LogP contribution < -0.4 is 5.32 Å². The highest BCUT2D eigenvalue weighted by Crippen LogP contribution is 2.13. The minimum absolute atomic E-state index is 0.0300. The summed E-state index contributed by atoms with van der Waals surface area (Å²) in [5.41, 5.74) is 0. The van der Waals surface area contributed by atoms with E-state index in [0.717, 1.165) is 0 Å². The summed E-state index contributed by atoms with van der Waals surface area (Å²) in [6, 6.07) is 0. The van der Waals surface area contributed by atoms with Crippen molar-refractivity contribution in [3.8, 4) is 0 Å². The number of rotatable bonds is 2. The Hall–Kier alpha value is -0.610. The summed E-state index contributed by atoms with van der Waals surface area (Å²) in [6.07, 6.45) is -0.0842. The van der Waals surface area contributed by atoms with Crippen molar-refractivity contribution in [2.75, 3.05) is 20.2 Å². The first-order valence-electron chi connectivity index (χ1n) is 3.69. The molecule has 1 aliphatic rings. The molecule has 2 atom stereocenters. The quantitative estimate of drug-likeness (QED) is 0.514. The average Bonchev–Trinajstić information content (AvgIpc) is 2.37. The Morgan fingerprint density at radius 2 is 2.45 bits per heavy atom. The minimum Gasteiger partial charge on any atom is -0.469 e. The first-order chi connectivity index (χ1) is 5.24. The topological polar surface area (TPSA) is 58.6 Å². The summed E-state index contributed by atoms with van der Waals surface area (Å²) in [5.74, 6) is -0.222. The summed E-state index contributed by atoms with van der Waals surface area (Å²) in [4.78, 5) is 10.8. The molecule has 1 heterocycles. The molecule has 0 aliphatic carbocycles. The van der Waals surface area contributed by atoms with Crippen molar-refractivity contribution in [2.24, 2.45) is 5.92 Å². The van der Waals surface area contributed by atoms with Crippen molar-refractivity contribution >= 4 is 5.97 Å². The van der Waals surface area contributed by atoms with Gasteiger partial charge < -0.3 is 15.2 Å². The molecule has 0 aromatic rings. The van der Waals surface area contributed by atoms with Gasteiger partial charge in [0, 0.05) is 19.0 Å². The summed E-state index contributed by atoms with van der Waals surface area (Å²) in [7, 11) is 1.36. The van der Waals surface area contributed by atoms with Crippen LogP contribution in [0.1, 0.15) is 6.42 Å². The molecule has 1 rings (SSSR count). The molecule has 1 fully saturated rings. The number of β-amino-alcohol motifs (C(OH)–C–C–N with tert-alkyl or cyclic N) is 1. The van der Waals surface area contributed by atoms with Crippen molar-refractivity contribution in [3.05, 3.63) is 0 Å². The molecule has 0 spiro atoms. The van der Waals surface area contributed by atoms with E-state index in [9.17, 15) is 9.90 Å². The van der Waals surface area contributed by atoms with Gasteiger partial charge in [-0.25, -0.2) is 0 Å². The number of methoxy groups -OCH3 is 1. The molecule has 0 bridgehead atoms. The maximum Gasteiger partial charge on any atom is 0.305 e. The molecule has 4 heteroatoms. The first kappa shape index (κ1) is 8.49. The lowest BCUT2D eigenvalue weighted by Crippen LogP contribution is -2.21. The van der Waals surface area contributed by atoms with E-state index in [4.69, 9.17) is 0 Å². The van der Waals surface area contributed by atoms with Crippen LogP contribution >= 0.6 is 0 Å². The second kappa shape index (κ2) is 3.69. The summed E-state index contributed by atoms with van der Waals surface area (Å²) in [5, 5.41) is 12.3. The van der Waals surface area contributed by atoms with E-state index >= 15 is 0 Å². The molecule has 64 valence electrons. The highest BCUT2D eigenvalue weighted by molar-refractivity contribution is 5.69. The lowest BCUT2D eigenvalue weighted by Gasteiger charge is -2.10. The van der Waals surface area contributed by atoms with Gasteiger partial charge in [0.1, 0.15) is 0 Å². The third kappa shape index (κ3) is 2.17. The smallest absolute Gasteiger partial charge is 0.305 e. The number of carbonyl (C=O) groups is 1. The minimum atomic E-state index is -0.394. The van der Waals surface area contributed by atoms with Gasteiger partial charge in [-0.15, -0.1) is 0 Å². The first-order valence-corrected chi connectivity index (χ1v) is 3.69. The normalized spacial score (nSPS) is 30.4. The highest BCUT2D eigenvalue weighted by atomic mass is 16.5. The molecular weight excluding hydrogens is 146 g/mol. The van der Waals surface area contributed by atoms with Crippen molar-refractivity contribution in [1.29, 1.82) is 0 Å². The highest BCUT2D eigenvalue weighted by Gasteiger charge is 2.27. The molecule has 0 unspecified atom stereocenters. The molecule has 0 radical (unpaired) electrons. The summed E-state index contributed by atoms with van der Waals surface area (Å²) >= 11 is 0. The monoisotopic (exact) mass is 159 g/mol. The number of ether oxygens (including phenoxy) is 1. The van der Waals surface area contributed by atoms with Gasteiger partial charge in [-0.2, -0.15) is 0 Å². The zero-order valence-electron chi connectivity index (χ0n) is 6.54. The lowest BCUT2D eigenvalue weighted by atomic mass is 10.0. The summed E-state index contributed by atoms with van der Waals surface area (Å²) in [6.45, 7) is 1.29. The van der Waals surface area contributed by atoms with Crippen LogP contribution in [0.15, 0.2) is 0 Å². The zero-order chi connectivity index (χ0) is 8.27. The SMILES string of the molecule is COC(=O)C[C@H]1CNC[C@H]1O. The Kier molecular flexibility index (Phi) is 2.84. The van der Waals surface area contributed by atoms with E-state index in [-0.39, 0.29) is 11.9 Å². The van der Waals surface area contributed by atoms with Gasteiger partial charge >= 0.3 is 5.97 Å². The Labute approximate surface area is 65.5 Å². The second-order valence-corrected chi connectivity index (χ2v) is 2.77. The van der Waals surface area contributed by atoms with Crippen LogP contribution in [-0.4, -0.2) is 37.4 Å². The van der Waals surface area contributed by atoms with Gasteiger partial charge in [-0.05, 0) is 0 Å². The number of esters is 1. The van der Waals surface area contributed by atoms with E-state index < -0.39 is 6.10 Å². The predicted octanol–water partition coefficient (Wildman–Crippen LogP) is -0.870. The average molecular weight is 159 g/mol. The van der Waals surface area contributed by atoms with Crippen molar-refractivity contribution < 1.29 is 14.6 Å². The number of nitrogens with one attached hydrogen (secondary N) is 1. The number of carbonyl (C=O) groups excluding carboxylic acids is 1. The zero-order valence-corrected chi connectivity index (χ0v) is 6.54. The molecule has 1 aliphatic heterocycles. The summed E-state index contributed by atoms with van der Waals surface area (Å²) < 4.78 is 4.48. The van der Waals surface area contributed by atoms with Crippen LogP contribution in [0, 0.1) is 5.92 Å². The fourth-order valence-corrected chi connectivity index (χ4v) is 1.22. The van der Waals surface area contributed by atoms with Crippen molar-refractivity contribution in [3.63, 3.8) is 0 Å². The number of hydrogen-bond donors (Lipinski definition) is 2. The molecule has 4 nitrogen and oxygen atoms in total. The molecular formula is C7H13NO3. The van der Waals surface area contributed by atoms with Gasteiger partial charge in [0.15, 0.2) is 0 Å². The van der Waals surface area contributed by atoms with Crippen LogP contribution in [0.2, 0.25) is 0 Å². The third-order valence-electron chi connectivity index (χ3n) is 1.96. The largest absolute Gasteiger partial charge is 0.469 e. The van der Waals surface area contributed by atoms with E-state index in [1.54, 1.807) is 0 Å². The van der Waals surface area contributed by atoms with E-state index in [1.165, 1.54) is 7.11 Å². The molecule has 0 saturated carbocycles. The van der Waals surface area contributed by atoms with Crippen LogP contribution in [0.5, 0.6) is 0 Å². The number of aliphatic hydroxyl groups excluding tert-OH is 1. The molecule has 0 amide bonds. The fraction of sp³-hybridized carbons (Fsp3) is 0.857. The molecule has 1 saturated heterocycles. The molecule has 11 heavy (non-hydrogen) atoms. The second-order valence-electron chi connectivity index (χ2n) is 2.77. The van der Waals surface area contributed by atoms with Crippen LogP contribution in [0.3, 0.4) is 0 Å². The standard InChI is InChI=1S/C7H13NO3/c1-11-7(10)2-5-3-8-4-6(5)9/h5-6,8-9H,2-4H2,1H3/t5-,6+/m0/s1. The Balaban J connectivity index is 2.30. The van der Waals surface area contributed by atoms with Crippen molar-refractivity contribution in [1.82, 2.24) is 5.32 Å². The maximum absolute atomic E-state index is 10.8. The van der Waals surface area contributed by atoms with E-state index in [2.05, 4.69) is 10.1 Å². The molecule has 0 aromatic heterocycles. The fourth-order valence-electron chi connectivity index (χ4n) is 1.22. The third-order valence-corrected chi connectivity index (χ3v) is 1.96. The van der Waals surface area contributed by atoms with E-state index in [0.29, 0.717) is 19.5 Å². The van der Waals surface area contributed by atoms with Gasteiger partial charge in [0.2, 0.25) is 0 Å². The van der Waals surface area contributed by atoms with Crippen LogP contribution in [-0.2, 0) is 9.53 Å². The molecule has 2 N–H and O–H groups in total. The number of aliphatic hydroxyl groups is 1. The van der Waals surface area contributed by atoms with Gasteiger partial charge in [-0.1, -0.05) is 0 Å². The molecule has 0 aromatic carbocycles. The Morgan fingerprint density at radius 3 is 2.91 bits per heavy atom. The number of hydrogen-bond acceptors (Lipinski definition) is 4. The van der Waals surface area contributed by atoms with Gasteiger partial charge in [0.05, 0.1) is 19.6 Å². The lowest BCUT2D eigenvalue weighted by molar-refractivity contribution is -0.142. The predicted molar refractivity (Wildman–Crippen MR) is 39.0 cm³/mol. The van der Waals surface area contributed by atoms with Crippen LogP contribution in [0.25, 0.3) is 0 Å². The Bertz CT molecular complexity index is 149. The van der Waals surface area contributed by atoms with Crippen molar-refractivity contribution in [2.45, 2.75) is 12.5 Å². The van der Waals surface area contributed by atoms with Crippen LogP contribution in [0.4, 0.5) is 0 Å². The Morgan fingerprint density at radius 1 is 1.73 bits per heavy atom. The van der Waals surface area contributed by atoms with E-state index in [1.807, 2.05) is 0 Å². The van der Waals surface area contributed by atoms with Gasteiger partial charge in [0.25, 0.3) is 0 Å².